The first kappa shape index (κ1) is 25.3. The van der Waals surface area contributed by atoms with Gasteiger partial charge in [-0.15, -0.1) is 0 Å². The van der Waals surface area contributed by atoms with Crippen LogP contribution in [0.25, 0.3) is 39.6 Å². The first-order valence-electron chi connectivity index (χ1n) is 12.8. The van der Waals surface area contributed by atoms with Gasteiger partial charge in [-0.2, -0.15) is 0 Å². The van der Waals surface area contributed by atoms with E-state index >= 15 is 0 Å². The van der Waals surface area contributed by atoms with Gasteiger partial charge in [0.2, 0.25) is 0 Å². The van der Waals surface area contributed by atoms with E-state index in [1.165, 1.54) is 12.4 Å². The molecule has 3 heterocycles. The van der Waals surface area contributed by atoms with Crippen LogP contribution in [0.5, 0.6) is 0 Å². The molecule has 0 aliphatic rings. The number of benzene rings is 3. The maximum Gasteiger partial charge on any atom is 0.263 e. The van der Waals surface area contributed by atoms with Crippen LogP contribution < -0.4 is 16.3 Å². The van der Waals surface area contributed by atoms with E-state index in [2.05, 4.69) is 20.3 Å². The largest absolute Gasteiger partial charge is 0.361 e. The number of halogens is 1. The molecule has 0 aliphatic heterocycles. The van der Waals surface area contributed by atoms with Gasteiger partial charge in [0.05, 0.1) is 22.1 Å². The molecular formula is C32H24ClN5O2. The van der Waals surface area contributed by atoms with Crippen LogP contribution in [0.1, 0.15) is 29.8 Å². The number of nitrogens with one attached hydrogen (secondary N) is 2. The molecule has 3 aromatic heterocycles. The first-order valence-corrected chi connectivity index (χ1v) is 13.2. The number of aromatic nitrogens is 4. The van der Waals surface area contributed by atoms with E-state index < -0.39 is 6.04 Å². The van der Waals surface area contributed by atoms with Gasteiger partial charge in [-0.05, 0) is 30.2 Å². The minimum absolute atomic E-state index is 0.201. The zero-order valence-electron chi connectivity index (χ0n) is 21.5. The molecule has 6 rings (SSSR count). The number of H-pyrrole nitrogens is 1. The molecule has 0 spiro atoms. The molecule has 7 nitrogen and oxygen atoms in total. The van der Waals surface area contributed by atoms with Crippen LogP contribution in [0.4, 0.5) is 5.82 Å². The van der Waals surface area contributed by atoms with Gasteiger partial charge in [0.25, 0.3) is 5.56 Å². The smallest absolute Gasteiger partial charge is 0.263 e. The fourth-order valence-electron chi connectivity index (χ4n) is 4.95. The van der Waals surface area contributed by atoms with E-state index in [0.29, 0.717) is 44.0 Å². The highest BCUT2D eigenvalue weighted by molar-refractivity contribution is 6.36. The summed E-state index contributed by atoms with van der Waals surface area (Å²) in [7, 11) is 0. The minimum Gasteiger partial charge on any atom is -0.361 e. The normalized spacial score (nSPS) is 12.2. The maximum atomic E-state index is 14.3. The van der Waals surface area contributed by atoms with Gasteiger partial charge >= 0.3 is 0 Å². The average Bonchev–Trinajstić information content (AvgIpc) is 2.98. The standard InChI is InChI=1S/C32H24ClN5O2/c1-20(37-31-27-25(39)17-18-34-30(27)35-19-36-31)29-28(33)24-14-8-11-22(16-15-21-9-4-2-5-10-21)26(24)32(40)38(29)23-12-6-3-7-13-23/h2-20H,1H3,(H2,34,35,36,37,39). The molecule has 0 radical (unpaired) electrons. The highest BCUT2D eigenvalue weighted by Crippen LogP contribution is 2.34. The van der Waals surface area contributed by atoms with Gasteiger partial charge in [-0.25, -0.2) is 9.97 Å². The summed E-state index contributed by atoms with van der Waals surface area (Å²) in [6.45, 7) is 1.89. The second kappa shape index (κ2) is 10.6. The predicted molar refractivity (Wildman–Crippen MR) is 162 cm³/mol. The number of fused-ring (bicyclic) bond motifs is 2. The van der Waals surface area contributed by atoms with E-state index in [0.717, 1.165) is 11.1 Å². The van der Waals surface area contributed by atoms with Gasteiger partial charge in [0, 0.05) is 23.3 Å². The Morgan fingerprint density at radius 2 is 1.62 bits per heavy atom. The van der Waals surface area contributed by atoms with Gasteiger partial charge in [0.15, 0.2) is 5.43 Å². The summed E-state index contributed by atoms with van der Waals surface area (Å²) in [6.07, 6.45) is 6.84. The fraction of sp³-hybridized carbons (Fsp3) is 0.0625. The molecule has 0 saturated heterocycles. The molecule has 0 saturated carbocycles. The minimum atomic E-state index is -0.508. The summed E-state index contributed by atoms with van der Waals surface area (Å²) in [5, 5.41) is 5.24. The molecular weight excluding hydrogens is 522 g/mol. The Bertz CT molecular complexity index is 2000. The van der Waals surface area contributed by atoms with E-state index in [1.54, 1.807) is 10.8 Å². The summed E-state index contributed by atoms with van der Waals surface area (Å²) in [5.74, 6) is 0.349. The molecule has 3 aromatic carbocycles. The quantitative estimate of drug-likeness (QED) is 0.229. The van der Waals surface area contributed by atoms with Crippen LogP contribution in [0.15, 0.2) is 107 Å². The third-order valence-electron chi connectivity index (χ3n) is 6.80. The monoisotopic (exact) mass is 545 g/mol. The molecule has 1 atom stereocenters. The number of pyridine rings is 2. The summed E-state index contributed by atoms with van der Waals surface area (Å²) >= 11 is 7.14. The number of anilines is 1. The molecule has 40 heavy (non-hydrogen) atoms. The second-order valence-corrected chi connectivity index (χ2v) is 9.72. The highest BCUT2D eigenvalue weighted by atomic mass is 35.5. The van der Waals surface area contributed by atoms with Gasteiger partial charge in [0.1, 0.15) is 23.2 Å². The molecule has 6 aromatic rings. The first-order chi connectivity index (χ1) is 19.5. The van der Waals surface area contributed by atoms with Crippen molar-refractivity contribution in [2.75, 3.05) is 5.32 Å². The van der Waals surface area contributed by atoms with Crippen molar-refractivity contribution >= 4 is 51.4 Å². The number of hydrogen-bond acceptors (Lipinski definition) is 5. The zero-order chi connectivity index (χ0) is 27.6. The number of para-hydroxylation sites is 1. The summed E-state index contributed by atoms with van der Waals surface area (Å²) in [4.78, 5) is 38.5. The third kappa shape index (κ3) is 4.57. The van der Waals surface area contributed by atoms with Crippen molar-refractivity contribution in [1.29, 1.82) is 0 Å². The third-order valence-corrected chi connectivity index (χ3v) is 7.19. The topological polar surface area (TPSA) is 92.7 Å². The van der Waals surface area contributed by atoms with Crippen LogP contribution in [-0.4, -0.2) is 19.5 Å². The van der Waals surface area contributed by atoms with E-state index in [9.17, 15) is 9.59 Å². The number of rotatable bonds is 6. The van der Waals surface area contributed by atoms with Crippen molar-refractivity contribution in [1.82, 2.24) is 19.5 Å². The van der Waals surface area contributed by atoms with Crippen molar-refractivity contribution in [3.05, 3.63) is 140 Å². The Morgan fingerprint density at radius 3 is 2.40 bits per heavy atom. The number of nitrogens with zero attached hydrogens (tertiary/aromatic N) is 3. The molecule has 0 amide bonds. The van der Waals surface area contributed by atoms with Gasteiger partial charge < -0.3 is 10.3 Å². The van der Waals surface area contributed by atoms with Gasteiger partial charge in [-0.3, -0.25) is 14.2 Å². The van der Waals surface area contributed by atoms with E-state index in [-0.39, 0.29) is 11.0 Å². The fourth-order valence-corrected chi connectivity index (χ4v) is 5.35. The lowest BCUT2D eigenvalue weighted by atomic mass is 10.0. The molecule has 0 aliphatic carbocycles. The predicted octanol–water partition coefficient (Wildman–Crippen LogP) is 6.62. The summed E-state index contributed by atoms with van der Waals surface area (Å²) in [5.41, 5.74) is 3.00. The Labute approximate surface area is 234 Å². The van der Waals surface area contributed by atoms with E-state index in [1.807, 2.05) is 97.9 Å². The van der Waals surface area contributed by atoms with Crippen LogP contribution in [0.2, 0.25) is 5.02 Å². The molecule has 2 N–H and O–H groups in total. The van der Waals surface area contributed by atoms with Crippen LogP contribution in [-0.2, 0) is 0 Å². The molecule has 196 valence electrons. The molecule has 8 heteroatoms. The molecule has 0 bridgehead atoms. The van der Waals surface area contributed by atoms with E-state index in [4.69, 9.17) is 11.6 Å². The molecule has 0 fully saturated rings. The Hall–Kier alpha value is -5.01. The van der Waals surface area contributed by atoms with Crippen LogP contribution >= 0.6 is 11.6 Å². The van der Waals surface area contributed by atoms with Crippen molar-refractivity contribution in [2.24, 2.45) is 0 Å². The van der Waals surface area contributed by atoms with Crippen LogP contribution in [0, 0.1) is 0 Å². The van der Waals surface area contributed by atoms with Crippen molar-refractivity contribution < 1.29 is 0 Å². The average molecular weight is 546 g/mol. The lowest BCUT2D eigenvalue weighted by molar-refractivity contribution is 0.774. The van der Waals surface area contributed by atoms with Crippen molar-refractivity contribution in [2.45, 2.75) is 13.0 Å². The second-order valence-electron chi connectivity index (χ2n) is 9.34. The SMILES string of the molecule is CC(Nc1ncnc2[nH]ccc(=O)c12)c1c(Cl)c2cccc(C=Cc3ccccc3)c2c(=O)n1-c1ccccc1. The number of aromatic amines is 1. The lowest BCUT2D eigenvalue weighted by Crippen LogP contribution is -2.27. The Morgan fingerprint density at radius 1 is 0.875 bits per heavy atom. The highest BCUT2D eigenvalue weighted by Gasteiger charge is 2.23. The van der Waals surface area contributed by atoms with Gasteiger partial charge in [-0.1, -0.05) is 90.5 Å². The Balaban J connectivity index is 1.56. The lowest BCUT2D eigenvalue weighted by Gasteiger charge is -2.23. The zero-order valence-corrected chi connectivity index (χ0v) is 22.3. The number of hydrogen-bond donors (Lipinski definition) is 2. The van der Waals surface area contributed by atoms with Crippen molar-refractivity contribution in [3.63, 3.8) is 0 Å². The summed E-state index contributed by atoms with van der Waals surface area (Å²) < 4.78 is 1.63. The van der Waals surface area contributed by atoms with Crippen molar-refractivity contribution in [3.8, 4) is 5.69 Å². The molecule has 1 unspecified atom stereocenters. The maximum absolute atomic E-state index is 14.3. The Kier molecular flexibility index (Phi) is 6.72. The van der Waals surface area contributed by atoms with Crippen LogP contribution in [0.3, 0.4) is 0 Å². The summed E-state index contributed by atoms with van der Waals surface area (Å²) in [6, 6.07) is 25.9.